The van der Waals surface area contributed by atoms with Crippen LogP contribution in [0, 0.1) is 0 Å². The number of H-pyrrole nitrogens is 1. The Balaban J connectivity index is 3.16. The van der Waals surface area contributed by atoms with E-state index in [0.29, 0.717) is 6.54 Å². The number of aromatic amines is 1. The average Bonchev–Trinajstić information content (AvgIpc) is 2.10. The topological polar surface area (TPSA) is 50.7 Å². The first-order valence-corrected chi connectivity index (χ1v) is 2.94. The van der Waals surface area contributed by atoms with Gasteiger partial charge in [0.25, 0.3) is 0 Å². The molecule has 1 heterocycles. The van der Waals surface area contributed by atoms with E-state index in [2.05, 4.69) is 10.1 Å². The van der Waals surface area contributed by atoms with E-state index in [-0.39, 0.29) is 5.28 Å². The molecule has 0 spiro atoms. The molecule has 0 radical (unpaired) electrons. The van der Waals surface area contributed by atoms with Crippen molar-refractivity contribution >= 4 is 11.6 Å². The molecule has 1 aromatic rings. The van der Waals surface area contributed by atoms with Gasteiger partial charge in [-0.1, -0.05) is 0 Å². The van der Waals surface area contributed by atoms with Crippen molar-refractivity contribution in [3.05, 3.63) is 15.8 Å². The van der Waals surface area contributed by atoms with Crippen molar-refractivity contribution in [3.8, 4) is 0 Å². The van der Waals surface area contributed by atoms with Gasteiger partial charge in [-0.15, -0.1) is 0 Å². The van der Waals surface area contributed by atoms with Crippen molar-refractivity contribution in [2.24, 2.45) is 0 Å². The van der Waals surface area contributed by atoms with E-state index in [1.165, 1.54) is 4.68 Å². The number of hydrogen-bond donors (Lipinski definition) is 1. The molecule has 0 aliphatic carbocycles. The van der Waals surface area contributed by atoms with Crippen LogP contribution < -0.4 is 5.69 Å². The molecule has 0 aromatic carbocycles. The van der Waals surface area contributed by atoms with Gasteiger partial charge in [-0.2, -0.15) is 4.98 Å². The summed E-state index contributed by atoms with van der Waals surface area (Å²) in [5.74, 6) is 0. The number of nitrogens with zero attached hydrogens (tertiary/aromatic N) is 2. The minimum atomic E-state index is -0.401. The van der Waals surface area contributed by atoms with Gasteiger partial charge in [-0.25, -0.2) is 9.89 Å². The van der Waals surface area contributed by atoms with Gasteiger partial charge in [0.1, 0.15) is 0 Å². The Hall–Kier alpha value is -0.770. The fourth-order valence-electron chi connectivity index (χ4n) is 0.540. The maximum atomic E-state index is 10.4. The summed E-state index contributed by atoms with van der Waals surface area (Å²) in [6.07, 6.45) is 0. The van der Waals surface area contributed by atoms with Crippen molar-refractivity contribution < 1.29 is 0 Å². The zero-order chi connectivity index (χ0) is 6.85. The Morgan fingerprint density at radius 1 is 1.89 bits per heavy atom. The Bertz CT molecular complexity index is 251. The molecule has 0 saturated carbocycles. The minimum absolute atomic E-state index is 0.211. The van der Waals surface area contributed by atoms with Gasteiger partial charge in [0.05, 0.1) is 0 Å². The van der Waals surface area contributed by atoms with Crippen molar-refractivity contribution in [1.29, 1.82) is 0 Å². The van der Waals surface area contributed by atoms with Gasteiger partial charge in [-0.05, 0) is 18.5 Å². The Morgan fingerprint density at radius 2 is 2.56 bits per heavy atom. The van der Waals surface area contributed by atoms with E-state index in [9.17, 15) is 4.79 Å². The summed E-state index contributed by atoms with van der Waals surface area (Å²) in [7, 11) is 0. The summed E-state index contributed by atoms with van der Waals surface area (Å²) in [5, 5.41) is 2.62. The van der Waals surface area contributed by atoms with Crippen LogP contribution >= 0.6 is 11.6 Å². The van der Waals surface area contributed by atoms with E-state index >= 15 is 0 Å². The van der Waals surface area contributed by atoms with Gasteiger partial charge in [0.2, 0.25) is 5.28 Å². The van der Waals surface area contributed by atoms with E-state index < -0.39 is 5.69 Å². The number of hydrogen-bond acceptors (Lipinski definition) is 2. The second-order valence-electron chi connectivity index (χ2n) is 1.54. The summed E-state index contributed by atoms with van der Waals surface area (Å²) in [6.45, 7) is 2.50. The number of nitrogens with one attached hydrogen (secondary N) is 1. The molecule has 0 aliphatic heterocycles. The van der Waals surface area contributed by atoms with Gasteiger partial charge in [0, 0.05) is 6.54 Å². The van der Waals surface area contributed by atoms with Crippen LogP contribution in [-0.4, -0.2) is 14.8 Å². The molecule has 0 bridgehead atoms. The lowest BCUT2D eigenvalue weighted by molar-refractivity contribution is 0.653. The monoisotopic (exact) mass is 147 g/mol. The second-order valence-corrected chi connectivity index (χ2v) is 1.88. The van der Waals surface area contributed by atoms with Crippen LogP contribution in [-0.2, 0) is 6.54 Å². The summed E-state index contributed by atoms with van der Waals surface area (Å²) in [6, 6.07) is 0. The van der Waals surface area contributed by atoms with Gasteiger partial charge >= 0.3 is 5.69 Å². The summed E-state index contributed by atoms with van der Waals surface area (Å²) < 4.78 is 1.46. The highest BCUT2D eigenvalue weighted by molar-refractivity contribution is 6.28. The molecular weight excluding hydrogens is 142 g/mol. The highest BCUT2D eigenvalue weighted by Crippen LogP contribution is 1.96. The third-order valence-electron chi connectivity index (χ3n) is 0.963. The number of aryl methyl sites for hydroxylation is 1. The molecule has 0 aliphatic rings. The minimum Gasteiger partial charge on any atom is -0.257 e. The molecule has 5 heteroatoms. The van der Waals surface area contributed by atoms with Gasteiger partial charge < -0.3 is 0 Å². The highest BCUT2D eigenvalue weighted by atomic mass is 35.5. The third-order valence-corrected chi connectivity index (χ3v) is 1.25. The molecule has 0 unspecified atom stereocenters. The summed E-state index contributed by atoms with van der Waals surface area (Å²) >= 11 is 5.47. The molecule has 1 aromatic heterocycles. The zero-order valence-electron chi connectivity index (χ0n) is 4.89. The van der Waals surface area contributed by atoms with E-state index in [1.807, 2.05) is 6.92 Å². The molecule has 1 rings (SSSR count). The van der Waals surface area contributed by atoms with Crippen LogP contribution in [0.4, 0.5) is 0 Å². The normalized spacial score (nSPS) is 10.0. The summed E-state index contributed by atoms with van der Waals surface area (Å²) in [5.41, 5.74) is -0.401. The van der Waals surface area contributed by atoms with E-state index in [4.69, 9.17) is 11.6 Å². The molecule has 0 fully saturated rings. The largest absolute Gasteiger partial charge is 0.362 e. The van der Waals surface area contributed by atoms with Crippen LogP contribution in [0.5, 0.6) is 0 Å². The van der Waals surface area contributed by atoms with Crippen molar-refractivity contribution in [1.82, 2.24) is 14.8 Å². The molecule has 0 atom stereocenters. The molecule has 0 saturated heterocycles. The van der Waals surface area contributed by atoms with Crippen molar-refractivity contribution in [3.63, 3.8) is 0 Å². The highest BCUT2D eigenvalue weighted by Gasteiger charge is 1.97. The van der Waals surface area contributed by atoms with E-state index in [0.717, 1.165) is 0 Å². The van der Waals surface area contributed by atoms with Crippen LogP contribution in [0.25, 0.3) is 0 Å². The molecule has 0 amide bonds. The number of aromatic nitrogens is 3. The lowest BCUT2D eigenvalue weighted by Crippen LogP contribution is -2.05. The first-order chi connectivity index (χ1) is 4.24. The Morgan fingerprint density at radius 3 is 2.78 bits per heavy atom. The van der Waals surface area contributed by atoms with Crippen LogP contribution in [0.3, 0.4) is 0 Å². The Labute approximate surface area is 56.5 Å². The van der Waals surface area contributed by atoms with Crippen LogP contribution in [0.1, 0.15) is 6.92 Å². The molecule has 50 valence electrons. The first-order valence-electron chi connectivity index (χ1n) is 2.56. The van der Waals surface area contributed by atoms with Crippen molar-refractivity contribution in [2.45, 2.75) is 13.5 Å². The predicted molar refractivity (Wildman–Crippen MR) is 33.5 cm³/mol. The van der Waals surface area contributed by atoms with Crippen LogP contribution in [0.2, 0.25) is 5.28 Å². The Kier molecular flexibility index (Phi) is 1.57. The molecule has 1 N–H and O–H groups in total. The molecular formula is C4H6ClN3O. The van der Waals surface area contributed by atoms with Crippen molar-refractivity contribution in [2.75, 3.05) is 0 Å². The molecule has 4 nitrogen and oxygen atoms in total. The smallest absolute Gasteiger partial charge is 0.257 e. The second kappa shape index (κ2) is 2.23. The SMILES string of the molecule is CCn1[nH]c(=O)nc1Cl. The summed E-state index contributed by atoms with van der Waals surface area (Å²) in [4.78, 5) is 13.8. The predicted octanol–water partition coefficient (Wildman–Crippen LogP) is 0.245. The fraction of sp³-hybridized carbons (Fsp3) is 0.500. The average molecular weight is 148 g/mol. The number of rotatable bonds is 1. The maximum absolute atomic E-state index is 10.4. The first kappa shape index (κ1) is 6.35. The van der Waals surface area contributed by atoms with Gasteiger partial charge in [-0.3, -0.25) is 4.68 Å². The standard InChI is InChI=1S/C4H6ClN3O/c1-2-8-3(5)6-4(9)7-8/h2H2,1H3,(H,7,9). The zero-order valence-corrected chi connectivity index (χ0v) is 5.64. The molecule has 9 heavy (non-hydrogen) atoms. The van der Waals surface area contributed by atoms with Crippen LogP contribution in [0.15, 0.2) is 4.79 Å². The number of halogens is 1. The van der Waals surface area contributed by atoms with E-state index in [1.54, 1.807) is 0 Å². The lowest BCUT2D eigenvalue weighted by Gasteiger charge is -1.92. The third kappa shape index (κ3) is 1.13. The van der Waals surface area contributed by atoms with Gasteiger partial charge in [0.15, 0.2) is 0 Å². The fourth-order valence-corrected chi connectivity index (χ4v) is 0.779. The lowest BCUT2D eigenvalue weighted by atomic mass is 10.8. The quantitative estimate of drug-likeness (QED) is 0.619. The maximum Gasteiger partial charge on any atom is 0.362 e.